The highest BCUT2D eigenvalue weighted by atomic mass is 14.1. The summed E-state index contributed by atoms with van der Waals surface area (Å²) in [6.45, 7) is 8.77. The van der Waals surface area contributed by atoms with Gasteiger partial charge in [0.05, 0.1) is 0 Å². The van der Waals surface area contributed by atoms with E-state index in [-0.39, 0.29) is 0 Å². The van der Waals surface area contributed by atoms with Gasteiger partial charge in [-0.2, -0.15) is 0 Å². The first-order valence-corrected chi connectivity index (χ1v) is 4.85. The number of allylic oxidation sites excluding steroid dienone is 4. The second-order valence-electron chi connectivity index (χ2n) is 4.27. The Morgan fingerprint density at radius 2 is 1.58 bits per heavy atom. The quantitative estimate of drug-likeness (QED) is 0.430. The predicted molar refractivity (Wildman–Crippen MR) is 57.3 cm³/mol. The summed E-state index contributed by atoms with van der Waals surface area (Å²) < 4.78 is 0. The Morgan fingerprint density at radius 3 is 2.08 bits per heavy atom. The summed E-state index contributed by atoms with van der Waals surface area (Å²) in [4.78, 5) is 0. The lowest BCUT2D eigenvalue weighted by molar-refractivity contribution is 0.541. The zero-order chi connectivity index (χ0) is 9.45. The molecule has 0 spiro atoms. The van der Waals surface area contributed by atoms with Crippen LogP contribution in [-0.2, 0) is 0 Å². The standard InChI is InChI=1S/C12H22/c1-5-6-7-8-9-10-11-12(2,3)4/h5-6,10-11H,7-9H2,1-4H3. The maximum absolute atomic E-state index is 2.30. The molecule has 0 nitrogen and oxygen atoms in total. The molecule has 0 saturated carbocycles. The Balaban J connectivity index is 3.37. The van der Waals surface area contributed by atoms with Crippen LogP contribution in [0.25, 0.3) is 0 Å². The highest BCUT2D eigenvalue weighted by Gasteiger charge is 2.02. The molecule has 0 aliphatic heterocycles. The molecule has 0 heterocycles. The van der Waals surface area contributed by atoms with Gasteiger partial charge in [0.2, 0.25) is 0 Å². The van der Waals surface area contributed by atoms with E-state index in [4.69, 9.17) is 0 Å². The Bertz CT molecular complexity index is 144. The van der Waals surface area contributed by atoms with E-state index in [0.29, 0.717) is 5.41 Å². The molecule has 70 valence electrons. The third-order valence-corrected chi connectivity index (χ3v) is 1.60. The summed E-state index contributed by atoms with van der Waals surface area (Å²) >= 11 is 0. The summed E-state index contributed by atoms with van der Waals surface area (Å²) in [5, 5.41) is 0. The van der Waals surface area contributed by atoms with E-state index in [1.807, 2.05) is 0 Å². The van der Waals surface area contributed by atoms with Crippen molar-refractivity contribution in [3.8, 4) is 0 Å². The number of hydrogen-bond donors (Lipinski definition) is 0. The second-order valence-corrected chi connectivity index (χ2v) is 4.27. The molecule has 0 aliphatic rings. The fraction of sp³-hybridized carbons (Fsp3) is 0.667. The fourth-order valence-electron chi connectivity index (χ4n) is 0.957. The lowest BCUT2D eigenvalue weighted by Crippen LogP contribution is -1.97. The molecule has 0 unspecified atom stereocenters. The Kier molecular flexibility index (Phi) is 5.79. The maximum Gasteiger partial charge on any atom is -0.0203 e. The molecule has 0 rings (SSSR count). The minimum Gasteiger partial charge on any atom is -0.0917 e. The van der Waals surface area contributed by atoms with Crippen LogP contribution >= 0.6 is 0 Å². The monoisotopic (exact) mass is 166 g/mol. The highest BCUT2D eigenvalue weighted by Crippen LogP contribution is 2.15. The molecule has 0 saturated heterocycles. The molecule has 0 heteroatoms. The van der Waals surface area contributed by atoms with Gasteiger partial charge in [-0.3, -0.25) is 0 Å². The van der Waals surface area contributed by atoms with Gasteiger partial charge in [0.25, 0.3) is 0 Å². The molecule has 0 atom stereocenters. The van der Waals surface area contributed by atoms with Crippen LogP contribution in [0.2, 0.25) is 0 Å². The van der Waals surface area contributed by atoms with Crippen LogP contribution in [0.3, 0.4) is 0 Å². The highest BCUT2D eigenvalue weighted by molar-refractivity contribution is 4.92. The summed E-state index contributed by atoms with van der Waals surface area (Å²) in [5.41, 5.74) is 0.348. The van der Waals surface area contributed by atoms with Crippen molar-refractivity contribution in [2.24, 2.45) is 5.41 Å². The van der Waals surface area contributed by atoms with E-state index in [1.54, 1.807) is 0 Å². The molecule has 0 bridgehead atoms. The Hall–Kier alpha value is -0.520. The Morgan fingerprint density at radius 1 is 1.00 bits per heavy atom. The predicted octanol–water partition coefficient (Wildman–Crippen LogP) is 4.34. The van der Waals surface area contributed by atoms with E-state index >= 15 is 0 Å². The fourth-order valence-corrected chi connectivity index (χ4v) is 0.957. The van der Waals surface area contributed by atoms with Crippen molar-refractivity contribution in [3.63, 3.8) is 0 Å². The van der Waals surface area contributed by atoms with Crippen molar-refractivity contribution >= 4 is 0 Å². The summed E-state index contributed by atoms with van der Waals surface area (Å²) in [7, 11) is 0. The van der Waals surface area contributed by atoms with Gasteiger partial charge in [0, 0.05) is 0 Å². The third kappa shape index (κ3) is 9.48. The number of hydrogen-bond acceptors (Lipinski definition) is 0. The van der Waals surface area contributed by atoms with Crippen molar-refractivity contribution in [1.29, 1.82) is 0 Å². The topological polar surface area (TPSA) is 0 Å². The van der Waals surface area contributed by atoms with E-state index in [2.05, 4.69) is 52.0 Å². The zero-order valence-corrected chi connectivity index (χ0v) is 8.93. The molecule has 0 aliphatic carbocycles. The van der Waals surface area contributed by atoms with Crippen LogP contribution in [0.1, 0.15) is 47.0 Å². The van der Waals surface area contributed by atoms with Crippen molar-refractivity contribution in [2.45, 2.75) is 47.0 Å². The zero-order valence-electron chi connectivity index (χ0n) is 8.93. The van der Waals surface area contributed by atoms with Gasteiger partial charge in [-0.1, -0.05) is 45.1 Å². The molecule has 0 N–H and O–H groups in total. The smallest absolute Gasteiger partial charge is 0.0203 e. The molecule has 0 aromatic rings. The second kappa shape index (κ2) is 6.05. The summed E-state index contributed by atoms with van der Waals surface area (Å²) in [6.07, 6.45) is 12.6. The first kappa shape index (κ1) is 11.5. The maximum atomic E-state index is 2.30. The van der Waals surface area contributed by atoms with Gasteiger partial charge in [-0.25, -0.2) is 0 Å². The molecular formula is C12H22. The molecule has 0 aromatic carbocycles. The van der Waals surface area contributed by atoms with Crippen molar-refractivity contribution in [3.05, 3.63) is 24.3 Å². The first-order chi connectivity index (χ1) is 5.56. The lowest BCUT2D eigenvalue weighted by atomic mass is 9.96. The van der Waals surface area contributed by atoms with E-state index in [9.17, 15) is 0 Å². The van der Waals surface area contributed by atoms with E-state index < -0.39 is 0 Å². The average Bonchev–Trinajstić information content (AvgIpc) is 1.94. The molecule has 12 heavy (non-hydrogen) atoms. The van der Waals surface area contributed by atoms with Gasteiger partial charge >= 0.3 is 0 Å². The number of rotatable bonds is 4. The van der Waals surface area contributed by atoms with E-state index in [1.165, 1.54) is 19.3 Å². The normalized spacial score (nSPS) is 13.3. The minimum absolute atomic E-state index is 0.348. The first-order valence-electron chi connectivity index (χ1n) is 4.85. The van der Waals surface area contributed by atoms with Crippen LogP contribution in [0.5, 0.6) is 0 Å². The van der Waals surface area contributed by atoms with Crippen LogP contribution < -0.4 is 0 Å². The number of unbranched alkanes of at least 4 members (excludes halogenated alkanes) is 2. The van der Waals surface area contributed by atoms with Gasteiger partial charge < -0.3 is 0 Å². The minimum atomic E-state index is 0.348. The van der Waals surface area contributed by atoms with Gasteiger partial charge in [-0.15, -0.1) is 0 Å². The van der Waals surface area contributed by atoms with Crippen LogP contribution in [-0.4, -0.2) is 0 Å². The van der Waals surface area contributed by atoms with Gasteiger partial charge in [0.1, 0.15) is 0 Å². The average molecular weight is 166 g/mol. The molecule has 0 amide bonds. The van der Waals surface area contributed by atoms with Gasteiger partial charge in [-0.05, 0) is 31.6 Å². The summed E-state index contributed by atoms with van der Waals surface area (Å²) in [6, 6.07) is 0. The van der Waals surface area contributed by atoms with Crippen LogP contribution in [0.15, 0.2) is 24.3 Å². The van der Waals surface area contributed by atoms with Crippen LogP contribution in [0.4, 0.5) is 0 Å². The SMILES string of the molecule is CC=CCCCC=CC(C)(C)C. The summed E-state index contributed by atoms with van der Waals surface area (Å²) in [5.74, 6) is 0. The van der Waals surface area contributed by atoms with Crippen molar-refractivity contribution in [1.82, 2.24) is 0 Å². The van der Waals surface area contributed by atoms with Gasteiger partial charge in [0.15, 0.2) is 0 Å². The largest absolute Gasteiger partial charge is 0.0917 e. The molecule has 0 radical (unpaired) electrons. The lowest BCUT2D eigenvalue weighted by Gasteiger charge is -2.10. The van der Waals surface area contributed by atoms with E-state index in [0.717, 1.165) is 0 Å². The van der Waals surface area contributed by atoms with Crippen molar-refractivity contribution < 1.29 is 0 Å². The third-order valence-electron chi connectivity index (χ3n) is 1.60. The molecule has 0 fully saturated rings. The Labute approximate surface area is 77.4 Å². The van der Waals surface area contributed by atoms with Crippen LogP contribution in [0, 0.1) is 5.41 Å². The molecule has 0 aromatic heterocycles. The molecular weight excluding hydrogens is 144 g/mol. The van der Waals surface area contributed by atoms with Crippen molar-refractivity contribution in [2.75, 3.05) is 0 Å².